The van der Waals surface area contributed by atoms with Gasteiger partial charge < -0.3 is 10.1 Å². The van der Waals surface area contributed by atoms with Crippen molar-refractivity contribution in [2.24, 2.45) is 5.41 Å². The smallest absolute Gasteiger partial charge is 0.147 e. The first-order valence-corrected chi connectivity index (χ1v) is 8.64. The standard InChI is InChI=1S/C13H29NO3S/c1-7-17-12(13(2,3)4)11(14-5)9-8-10-18(6,15)16/h11-12,14H,7-10H2,1-6H3. The number of likely N-dealkylation sites (N-methyl/N-ethyl adjacent to an activating group) is 1. The van der Waals surface area contributed by atoms with Crippen LogP contribution >= 0.6 is 0 Å². The van der Waals surface area contributed by atoms with Crippen LogP contribution in [0, 0.1) is 5.41 Å². The first kappa shape index (κ1) is 17.9. The van der Waals surface area contributed by atoms with Crippen molar-refractivity contribution >= 4 is 9.84 Å². The van der Waals surface area contributed by atoms with Gasteiger partial charge in [0.05, 0.1) is 6.10 Å². The van der Waals surface area contributed by atoms with Crippen molar-refractivity contribution in [1.82, 2.24) is 5.32 Å². The lowest BCUT2D eigenvalue weighted by Crippen LogP contribution is -2.47. The molecule has 0 amide bonds. The molecule has 0 radical (unpaired) electrons. The van der Waals surface area contributed by atoms with Crippen LogP contribution in [-0.2, 0) is 14.6 Å². The van der Waals surface area contributed by atoms with Gasteiger partial charge in [0.15, 0.2) is 0 Å². The van der Waals surface area contributed by atoms with Gasteiger partial charge in [-0.2, -0.15) is 0 Å². The maximum atomic E-state index is 11.1. The molecular weight excluding hydrogens is 250 g/mol. The van der Waals surface area contributed by atoms with Crippen LogP contribution in [0.15, 0.2) is 0 Å². The van der Waals surface area contributed by atoms with E-state index in [1.165, 1.54) is 6.26 Å². The molecule has 4 nitrogen and oxygen atoms in total. The summed E-state index contributed by atoms with van der Waals surface area (Å²) >= 11 is 0. The second-order valence-electron chi connectivity index (χ2n) is 5.91. The lowest BCUT2D eigenvalue weighted by Gasteiger charge is -2.36. The van der Waals surface area contributed by atoms with E-state index in [1.54, 1.807) is 0 Å². The molecule has 110 valence electrons. The van der Waals surface area contributed by atoms with Crippen LogP contribution in [0.3, 0.4) is 0 Å². The first-order valence-electron chi connectivity index (χ1n) is 6.58. The highest BCUT2D eigenvalue weighted by Gasteiger charge is 2.31. The largest absolute Gasteiger partial charge is 0.376 e. The molecule has 0 spiro atoms. The van der Waals surface area contributed by atoms with Crippen molar-refractivity contribution in [3.63, 3.8) is 0 Å². The van der Waals surface area contributed by atoms with Crippen LogP contribution in [0.25, 0.3) is 0 Å². The SMILES string of the molecule is CCOC(C(CCCS(C)(=O)=O)NC)C(C)(C)C. The van der Waals surface area contributed by atoms with Gasteiger partial charge in [-0.05, 0) is 32.2 Å². The average Bonchev–Trinajstić information content (AvgIpc) is 2.18. The highest BCUT2D eigenvalue weighted by atomic mass is 32.2. The molecule has 0 aromatic carbocycles. The average molecular weight is 279 g/mol. The van der Waals surface area contributed by atoms with Gasteiger partial charge in [-0.25, -0.2) is 8.42 Å². The number of ether oxygens (including phenoxy) is 1. The Labute approximate surface area is 112 Å². The lowest BCUT2D eigenvalue weighted by atomic mass is 9.83. The van der Waals surface area contributed by atoms with E-state index in [2.05, 4.69) is 26.1 Å². The molecule has 0 rings (SSSR count). The predicted octanol–water partition coefficient (Wildman–Crippen LogP) is 1.85. The van der Waals surface area contributed by atoms with E-state index >= 15 is 0 Å². The van der Waals surface area contributed by atoms with Gasteiger partial charge in [-0.1, -0.05) is 20.8 Å². The Morgan fingerprint density at radius 3 is 2.17 bits per heavy atom. The molecule has 0 aromatic heterocycles. The highest BCUT2D eigenvalue weighted by Crippen LogP contribution is 2.26. The zero-order valence-electron chi connectivity index (χ0n) is 12.6. The van der Waals surface area contributed by atoms with Gasteiger partial charge in [0, 0.05) is 24.7 Å². The fourth-order valence-electron chi connectivity index (χ4n) is 2.16. The van der Waals surface area contributed by atoms with E-state index in [4.69, 9.17) is 4.74 Å². The fourth-order valence-corrected chi connectivity index (χ4v) is 2.85. The molecule has 0 saturated carbocycles. The van der Waals surface area contributed by atoms with E-state index in [-0.39, 0.29) is 23.3 Å². The second-order valence-corrected chi connectivity index (χ2v) is 8.17. The third kappa shape index (κ3) is 7.34. The Morgan fingerprint density at radius 2 is 1.83 bits per heavy atom. The molecule has 0 bridgehead atoms. The minimum atomic E-state index is -2.87. The van der Waals surface area contributed by atoms with Crippen LogP contribution in [-0.4, -0.2) is 46.2 Å². The van der Waals surface area contributed by atoms with Gasteiger partial charge in [0.2, 0.25) is 0 Å². The van der Waals surface area contributed by atoms with Gasteiger partial charge in [0.25, 0.3) is 0 Å². The molecule has 0 heterocycles. The van der Waals surface area contributed by atoms with Gasteiger partial charge in [0.1, 0.15) is 9.84 Å². The molecular formula is C13H29NO3S. The monoisotopic (exact) mass is 279 g/mol. The van der Waals surface area contributed by atoms with E-state index < -0.39 is 9.84 Å². The van der Waals surface area contributed by atoms with Crippen LogP contribution in [0.1, 0.15) is 40.5 Å². The normalized spacial score (nSPS) is 16.6. The van der Waals surface area contributed by atoms with Gasteiger partial charge >= 0.3 is 0 Å². The summed E-state index contributed by atoms with van der Waals surface area (Å²) in [6, 6.07) is 0.187. The summed E-state index contributed by atoms with van der Waals surface area (Å²) in [4.78, 5) is 0. The third-order valence-electron chi connectivity index (χ3n) is 2.97. The Balaban J connectivity index is 4.52. The Bertz CT molecular complexity index is 320. The fraction of sp³-hybridized carbons (Fsp3) is 1.00. The Hall–Kier alpha value is -0.130. The van der Waals surface area contributed by atoms with Crippen LogP contribution in [0.2, 0.25) is 0 Å². The predicted molar refractivity (Wildman–Crippen MR) is 76.7 cm³/mol. The first-order chi connectivity index (χ1) is 8.11. The molecule has 0 aliphatic carbocycles. The maximum Gasteiger partial charge on any atom is 0.147 e. The van der Waals surface area contributed by atoms with Crippen molar-refractivity contribution < 1.29 is 13.2 Å². The summed E-state index contributed by atoms with van der Waals surface area (Å²) in [6.07, 6.45) is 2.85. The minimum Gasteiger partial charge on any atom is -0.376 e. The van der Waals surface area contributed by atoms with E-state index in [0.717, 1.165) is 6.42 Å². The number of hydrogen-bond donors (Lipinski definition) is 1. The minimum absolute atomic E-state index is 0.0365. The summed E-state index contributed by atoms with van der Waals surface area (Å²) in [6.45, 7) is 9.10. The molecule has 1 N–H and O–H groups in total. The Kier molecular flexibility index (Phi) is 7.40. The van der Waals surface area contributed by atoms with Crippen LogP contribution in [0.5, 0.6) is 0 Å². The van der Waals surface area contributed by atoms with Crippen molar-refractivity contribution in [3.8, 4) is 0 Å². The van der Waals surface area contributed by atoms with Gasteiger partial charge in [-0.3, -0.25) is 0 Å². The van der Waals surface area contributed by atoms with Crippen molar-refractivity contribution in [2.75, 3.05) is 25.7 Å². The second kappa shape index (κ2) is 7.46. The molecule has 2 atom stereocenters. The molecule has 0 aromatic rings. The van der Waals surface area contributed by atoms with E-state index in [9.17, 15) is 8.42 Å². The molecule has 0 aliphatic rings. The molecule has 0 aliphatic heterocycles. The highest BCUT2D eigenvalue weighted by molar-refractivity contribution is 7.90. The maximum absolute atomic E-state index is 11.1. The molecule has 18 heavy (non-hydrogen) atoms. The number of nitrogens with one attached hydrogen (secondary N) is 1. The van der Waals surface area contributed by atoms with Crippen LogP contribution in [0.4, 0.5) is 0 Å². The summed E-state index contributed by atoms with van der Waals surface area (Å²) < 4.78 is 28.1. The zero-order chi connectivity index (χ0) is 14.4. The van der Waals surface area contributed by atoms with Crippen molar-refractivity contribution in [3.05, 3.63) is 0 Å². The molecule has 5 heteroatoms. The topological polar surface area (TPSA) is 55.4 Å². The molecule has 0 fully saturated rings. The summed E-state index contributed by atoms with van der Waals surface area (Å²) in [5.41, 5.74) is 0.0365. The number of hydrogen-bond acceptors (Lipinski definition) is 4. The summed E-state index contributed by atoms with van der Waals surface area (Å²) in [5, 5.41) is 3.26. The van der Waals surface area contributed by atoms with Crippen molar-refractivity contribution in [1.29, 1.82) is 0 Å². The van der Waals surface area contributed by atoms with E-state index in [0.29, 0.717) is 13.0 Å². The van der Waals surface area contributed by atoms with Crippen molar-refractivity contribution in [2.45, 2.75) is 52.7 Å². The zero-order valence-corrected chi connectivity index (χ0v) is 13.4. The molecule has 0 saturated heterocycles. The third-order valence-corrected chi connectivity index (χ3v) is 4.00. The van der Waals surface area contributed by atoms with E-state index in [1.807, 2.05) is 14.0 Å². The number of rotatable bonds is 8. The van der Waals surface area contributed by atoms with Crippen LogP contribution < -0.4 is 5.32 Å². The van der Waals surface area contributed by atoms with Gasteiger partial charge in [-0.15, -0.1) is 0 Å². The quantitative estimate of drug-likeness (QED) is 0.737. The summed E-state index contributed by atoms with van der Waals surface area (Å²) in [5.74, 6) is 0.244. The molecule has 2 unspecified atom stereocenters. The lowest BCUT2D eigenvalue weighted by molar-refractivity contribution is -0.0359. The summed E-state index contributed by atoms with van der Waals surface area (Å²) in [7, 11) is -0.964. The number of sulfone groups is 1. The Morgan fingerprint density at radius 1 is 1.28 bits per heavy atom.